The van der Waals surface area contributed by atoms with Crippen molar-refractivity contribution in [2.24, 2.45) is 0 Å². The zero-order chi connectivity index (χ0) is 8.85. The van der Waals surface area contributed by atoms with Gasteiger partial charge < -0.3 is 15.2 Å². The van der Waals surface area contributed by atoms with Gasteiger partial charge in [-0.25, -0.2) is 0 Å². The fourth-order valence-corrected chi connectivity index (χ4v) is 0.379. The molecule has 5 nitrogen and oxygen atoms in total. The molecule has 64 valence electrons. The minimum absolute atomic E-state index is 0.208. The highest BCUT2D eigenvalue weighted by atomic mass is 16.5. The van der Waals surface area contributed by atoms with Gasteiger partial charge in [-0.2, -0.15) is 0 Å². The van der Waals surface area contributed by atoms with Crippen LogP contribution in [-0.4, -0.2) is 36.7 Å². The van der Waals surface area contributed by atoms with E-state index in [4.69, 9.17) is 5.11 Å². The Labute approximate surface area is 64.3 Å². The molecular weight excluding hydrogens is 150 g/mol. The van der Waals surface area contributed by atoms with Gasteiger partial charge in [0.2, 0.25) is 5.91 Å². The Balaban J connectivity index is 3.54. The highest BCUT2D eigenvalue weighted by molar-refractivity contribution is 5.84. The zero-order valence-electron chi connectivity index (χ0n) is 6.46. The lowest BCUT2D eigenvalue weighted by Crippen LogP contribution is -2.36. The first kappa shape index (κ1) is 9.90. The summed E-state index contributed by atoms with van der Waals surface area (Å²) >= 11 is 0. The van der Waals surface area contributed by atoms with Gasteiger partial charge in [-0.15, -0.1) is 0 Å². The molecule has 5 heteroatoms. The molecule has 1 amide bonds. The van der Waals surface area contributed by atoms with Crippen LogP contribution in [0.2, 0.25) is 0 Å². The molecular formula is C6H11NO4. The largest absolute Gasteiger partial charge is 0.468 e. The molecule has 0 saturated heterocycles. The van der Waals surface area contributed by atoms with E-state index < -0.39 is 18.0 Å². The number of hydrogen-bond donors (Lipinski definition) is 2. The number of nitrogens with one attached hydrogen (secondary N) is 1. The van der Waals surface area contributed by atoms with E-state index in [1.165, 1.54) is 14.0 Å². The van der Waals surface area contributed by atoms with Gasteiger partial charge in [0, 0.05) is 0 Å². The molecule has 0 aromatic heterocycles. The van der Waals surface area contributed by atoms with Crippen molar-refractivity contribution in [1.29, 1.82) is 0 Å². The summed E-state index contributed by atoms with van der Waals surface area (Å²) in [5, 5.41) is 10.8. The van der Waals surface area contributed by atoms with E-state index in [0.717, 1.165) is 0 Å². The monoisotopic (exact) mass is 161 g/mol. The third kappa shape index (κ3) is 4.32. The predicted molar refractivity (Wildman–Crippen MR) is 36.7 cm³/mol. The van der Waals surface area contributed by atoms with Crippen molar-refractivity contribution in [2.45, 2.75) is 13.0 Å². The number of rotatable bonds is 3. The van der Waals surface area contributed by atoms with Gasteiger partial charge in [-0.05, 0) is 6.92 Å². The molecule has 2 N–H and O–H groups in total. The number of aliphatic hydroxyl groups is 1. The van der Waals surface area contributed by atoms with E-state index in [1.54, 1.807) is 0 Å². The molecule has 0 aliphatic carbocycles. The van der Waals surface area contributed by atoms with E-state index in [0.29, 0.717) is 0 Å². The van der Waals surface area contributed by atoms with E-state index >= 15 is 0 Å². The standard InChI is InChI=1S/C6H11NO4/c1-4(8)6(10)7-3-5(9)11-2/h4,8H,3H2,1-2H3,(H,7,10)/t4-/m1/s1. The summed E-state index contributed by atoms with van der Waals surface area (Å²) in [6, 6.07) is 0. The van der Waals surface area contributed by atoms with Crippen molar-refractivity contribution in [1.82, 2.24) is 5.32 Å². The van der Waals surface area contributed by atoms with Gasteiger partial charge in [0.25, 0.3) is 0 Å². The summed E-state index contributed by atoms with van der Waals surface area (Å²) in [6.45, 7) is 1.10. The van der Waals surface area contributed by atoms with Gasteiger partial charge in [0.15, 0.2) is 0 Å². The number of carbonyl (C=O) groups excluding carboxylic acids is 2. The van der Waals surface area contributed by atoms with Crippen LogP contribution in [0.15, 0.2) is 0 Å². The van der Waals surface area contributed by atoms with Crippen LogP contribution in [0.4, 0.5) is 0 Å². The first-order valence-electron chi connectivity index (χ1n) is 3.10. The maximum absolute atomic E-state index is 10.6. The number of methoxy groups -OCH3 is 1. The molecule has 0 bridgehead atoms. The van der Waals surface area contributed by atoms with Crippen LogP contribution >= 0.6 is 0 Å². The lowest BCUT2D eigenvalue weighted by molar-refractivity contribution is -0.142. The molecule has 11 heavy (non-hydrogen) atoms. The summed E-state index contributed by atoms with van der Waals surface area (Å²) in [5.41, 5.74) is 0. The van der Waals surface area contributed by atoms with Crippen LogP contribution in [0.25, 0.3) is 0 Å². The highest BCUT2D eigenvalue weighted by Gasteiger charge is 2.09. The third-order valence-electron chi connectivity index (χ3n) is 1.01. The average Bonchev–Trinajstić information content (AvgIpc) is 1.99. The van der Waals surface area contributed by atoms with Gasteiger partial charge in [-0.1, -0.05) is 0 Å². The second-order valence-corrected chi connectivity index (χ2v) is 1.97. The number of hydrogen-bond acceptors (Lipinski definition) is 4. The number of amides is 1. The third-order valence-corrected chi connectivity index (χ3v) is 1.01. The smallest absolute Gasteiger partial charge is 0.325 e. The first-order valence-corrected chi connectivity index (χ1v) is 3.10. The van der Waals surface area contributed by atoms with Gasteiger partial charge >= 0.3 is 5.97 Å². The number of aliphatic hydroxyl groups excluding tert-OH is 1. The molecule has 0 unspecified atom stereocenters. The molecule has 0 fully saturated rings. The topological polar surface area (TPSA) is 75.6 Å². The van der Waals surface area contributed by atoms with E-state index in [-0.39, 0.29) is 6.54 Å². The number of carbonyl (C=O) groups is 2. The van der Waals surface area contributed by atoms with Crippen LogP contribution in [0.5, 0.6) is 0 Å². The molecule has 0 rings (SSSR count). The second-order valence-electron chi connectivity index (χ2n) is 1.97. The van der Waals surface area contributed by atoms with Gasteiger partial charge in [0.05, 0.1) is 7.11 Å². The lowest BCUT2D eigenvalue weighted by atomic mass is 10.4. The quantitative estimate of drug-likeness (QED) is 0.502. The summed E-state index contributed by atoms with van der Waals surface area (Å²) in [7, 11) is 1.22. The van der Waals surface area contributed by atoms with Crippen molar-refractivity contribution < 1.29 is 19.4 Å². The zero-order valence-corrected chi connectivity index (χ0v) is 6.46. The Morgan fingerprint density at radius 2 is 2.18 bits per heavy atom. The molecule has 0 heterocycles. The van der Waals surface area contributed by atoms with Crippen LogP contribution in [0.1, 0.15) is 6.92 Å². The van der Waals surface area contributed by atoms with E-state index in [1.807, 2.05) is 0 Å². The van der Waals surface area contributed by atoms with Crippen LogP contribution in [0, 0.1) is 0 Å². The molecule has 0 radical (unpaired) electrons. The van der Waals surface area contributed by atoms with Gasteiger partial charge in [0.1, 0.15) is 12.6 Å². The van der Waals surface area contributed by atoms with Crippen LogP contribution in [-0.2, 0) is 14.3 Å². The Morgan fingerprint density at radius 1 is 1.64 bits per heavy atom. The van der Waals surface area contributed by atoms with E-state index in [9.17, 15) is 9.59 Å². The van der Waals surface area contributed by atoms with Crippen molar-refractivity contribution >= 4 is 11.9 Å². The fourth-order valence-electron chi connectivity index (χ4n) is 0.379. The number of esters is 1. The average molecular weight is 161 g/mol. The van der Waals surface area contributed by atoms with Crippen LogP contribution in [0.3, 0.4) is 0 Å². The van der Waals surface area contributed by atoms with Crippen molar-refractivity contribution in [2.75, 3.05) is 13.7 Å². The molecule has 0 aromatic rings. The summed E-state index contributed by atoms with van der Waals surface area (Å²) in [4.78, 5) is 21.0. The lowest BCUT2D eigenvalue weighted by Gasteiger charge is -2.04. The SMILES string of the molecule is COC(=O)CNC(=O)[C@@H](C)O. The Morgan fingerprint density at radius 3 is 2.55 bits per heavy atom. The van der Waals surface area contributed by atoms with E-state index in [2.05, 4.69) is 10.1 Å². The summed E-state index contributed by atoms with van der Waals surface area (Å²) < 4.78 is 4.25. The normalized spacial score (nSPS) is 11.9. The fraction of sp³-hybridized carbons (Fsp3) is 0.667. The molecule has 0 saturated carbocycles. The predicted octanol–water partition coefficient (Wildman–Crippen LogP) is -1.34. The van der Waals surface area contributed by atoms with Crippen molar-refractivity contribution in [3.05, 3.63) is 0 Å². The molecule has 0 aromatic carbocycles. The van der Waals surface area contributed by atoms with Crippen molar-refractivity contribution in [3.8, 4) is 0 Å². The minimum atomic E-state index is -1.10. The second kappa shape index (κ2) is 4.68. The molecule has 0 aliphatic rings. The Kier molecular flexibility index (Phi) is 4.21. The molecule has 0 aliphatic heterocycles. The van der Waals surface area contributed by atoms with Crippen LogP contribution < -0.4 is 5.32 Å². The van der Waals surface area contributed by atoms with Crippen molar-refractivity contribution in [3.63, 3.8) is 0 Å². The Hall–Kier alpha value is -1.10. The van der Waals surface area contributed by atoms with Gasteiger partial charge in [-0.3, -0.25) is 9.59 Å². The first-order chi connectivity index (χ1) is 5.07. The Bertz CT molecular complexity index is 155. The molecule has 0 spiro atoms. The maximum Gasteiger partial charge on any atom is 0.325 e. The summed E-state index contributed by atoms with van der Waals surface area (Å²) in [6.07, 6.45) is -1.10. The molecule has 1 atom stereocenters. The maximum atomic E-state index is 10.6. The summed E-state index contributed by atoms with van der Waals surface area (Å²) in [5.74, 6) is -1.13. The highest BCUT2D eigenvalue weighted by Crippen LogP contribution is 1.78. The number of ether oxygens (including phenoxy) is 1. The minimum Gasteiger partial charge on any atom is -0.468 e.